The minimum atomic E-state index is -0.564. The van der Waals surface area contributed by atoms with Crippen LogP contribution in [0.15, 0.2) is 28.3 Å². The van der Waals surface area contributed by atoms with E-state index in [-0.39, 0.29) is 17.9 Å². The second-order valence-electron chi connectivity index (χ2n) is 3.85. The highest BCUT2D eigenvalue weighted by Crippen LogP contribution is 1.94. The zero-order chi connectivity index (χ0) is 13.1. The highest BCUT2D eigenvalue weighted by molar-refractivity contribution is 5.93. The first kappa shape index (κ1) is 12.0. The number of H-pyrrole nitrogens is 2. The molecule has 2 N–H and O–H groups in total. The molecule has 7 nitrogen and oxygen atoms in total. The number of rotatable bonds is 4. The molecule has 0 spiro atoms. The molecule has 0 radical (unpaired) electrons. The monoisotopic (exact) mass is 248 g/mol. The quantitative estimate of drug-likeness (QED) is 0.725. The van der Waals surface area contributed by atoms with Crippen LogP contribution in [0.5, 0.6) is 0 Å². The van der Waals surface area contributed by atoms with Crippen molar-refractivity contribution < 1.29 is 4.79 Å². The molecule has 7 heteroatoms. The number of imidazole rings is 1. The lowest BCUT2D eigenvalue weighted by molar-refractivity contribution is 0.101. The molecular formula is C11H12N4O3. The third-order valence-electron chi connectivity index (χ3n) is 2.60. The first-order valence-corrected chi connectivity index (χ1v) is 5.40. The van der Waals surface area contributed by atoms with Gasteiger partial charge in [-0.3, -0.25) is 14.2 Å². The van der Waals surface area contributed by atoms with Crippen molar-refractivity contribution in [2.75, 3.05) is 0 Å². The highest BCUT2D eigenvalue weighted by Gasteiger charge is 2.10. The van der Waals surface area contributed by atoms with Crippen LogP contribution in [0.3, 0.4) is 0 Å². The Morgan fingerprint density at radius 3 is 2.78 bits per heavy atom. The van der Waals surface area contributed by atoms with E-state index in [1.54, 1.807) is 6.20 Å². The lowest BCUT2D eigenvalue weighted by atomic mass is 10.2. The molecule has 0 unspecified atom stereocenters. The predicted octanol–water partition coefficient (Wildman–Crippen LogP) is -0.295. The molecule has 0 aliphatic heterocycles. The summed E-state index contributed by atoms with van der Waals surface area (Å²) in [6.07, 6.45) is 4.76. The van der Waals surface area contributed by atoms with Crippen molar-refractivity contribution in [2.24, 2.45) is 0 Å². The van der Waals surface area contributed by atoms with Gasteiger partial charge in [0, 0.05) is 31.1 Å². The summed E-state index contributed by atoms with van der Waals surface area (Å²) in [7, 11) is 0. The molecule has 94 valence electrons. The summed E-state index contributed by atoms with van der Waals surface area (Å²) in [5.41, 5.74) is -0.288. The van der Waals surface area contributed by atoms with E-state index < -0.39 is 11.2 Å². The average molecular weight is 248 g/mol. The van der Waals surface area contributed by atoms with Gasteiger partial charge in [-0.05, 0) is 6.92 Å². The molecule has 0 atom stereocenters. The second kappa shape index (κ2) is 4.82. The van der Waals surface area contributed by atoms with Crippen molar-refractivity contribution >= 4 is 5.78 Å². The highest BCUT2D eigenvalue weighted by atomic mass is 16.2. The van der Waals surface area contributed by atoms with E-state index in [9.17, 15) is 14.4 Å². The van der Waals surface area contributed by atoms with Gasteiger partial charge in [0.1, 0.15) is 0 Å². The van der Waals surface area contributed by atoms with Crippen molar-refractivity contribution in [2.45, 2.75) is 19.9 Å². The predicted molar refractivity (Wildman–Crippen MR) is 63.6 cm³/mol. The average Bonchev–Trinajstić information content (AvgIpc) is 2.81. The van der Waals surface area contributed by atoms with Gasteiger partial charge in [-0.1, -0.05) is 0 Å². The van der Waals surface area contributed by atoms with E-state index in [0.29, 0.717) is 6.42 Å². The molecule has 2 heterocycles. The Labute approximate surface area is 102 Å². The summed E-state index contributed by atoms with van der Waals surface area (Å²) >= 11 is 0. The molecule has 0 saturated heterocycles. The van der Waals surface area contributed by atoms with Crippen LogP contribution in [0.25, 0.3) is 0 Å². The van der Waals surface area contributed by atoms with E-state index in [1.165, 1.54) is 13.3 Å². The van der Waals surface area contributed by atoms with Gasteiger partial charge >= 0.3 is 5.69 Å². The van der Waals surface area contributed by atoms with Gasteiger partial charge < -0.3 is 9.97 Å². The van der Waals surface area contributed by atoms with Crippen molar-refractivity contribution in [3.63, 3.8) is 0 Å². The van der Waals surface area contributed by atoms with E-state index >= 15 is 0 Å². The van der Waals surface area contributed by atoms with Crippen LogP contribution in [-0.2, 0) is 13.0 Å². The Morgan fingerprint density at radius 1 is 1.39 bits per heavy atom. The maximum absolute atomic E-state index is 11.9. The van der Waals surface area contributed by atoms with Crippen LogP contribution < -0.4 is 11.2 Å². The lowest BCUT2D eigenvalue weighted by Gasteiger charge is -2.04. The standard InChI is InChI=1S/C11H12N4O3/c1-7(16)9-5-13-11(18)15(10(9)17)3-2-8-4-12-6-14-8/h4-6H,2-3H2,1H3,(H,12,14)(H,13,18). The van der Waals surface area contributed by atoms with Crippen molar-refractivity contribution in [3.8, 4) is 0 Å². The minimum Gasteiger partial charge on any atom is -0.348 e. The molecule has 0 bridgehead atoms. The number of ketones is 1. The third kappa shape index (κ3) is 2.29. The molecular weight excluding hydrogens is 236 g/mol. The maximum Gasteiger partial charge on any atom is 0.328 e. The maximum atomic E-state index is 11.9. The Bertz CT molecular complexity index is 666. The number of aromatic amines is 2. The zero-order valence-electron chi connectivity index (χ0n) is 9.77. The van der Waals surface area contributed by atoms with Gasteiger partial charge in [-0.15, -0.1) is 0 Å². The summed E-state index contributed by atoms with van der Waals surface area (Å²) in [5, 5.41) is 0. The zero-order valence-corrected chi connectivity index (χ0v) is 9.77. The van der Waals surface area contributed by atoms with E-state index in [0.717, 1.165) is 16.5 Å². The Morgan fingerprint density at radius 2 is 2.17 bits per heavy atom. The molecule has 2 aromatic heterocycles. The van der Waals surface area contributed by atoms with Crippen LogP contribution in [0.4, 0.5) is 0 Å². The fourth-order valence-corrected chi connectivity index (χ4v) is 1.62. The number of Topliss-reactive ketones (excluding diaryl/α,β-unsaturated/α-hetero) is 1. The summed E-state index contributed by atoms with van der Waals surface area (Å²) in [4.78, 5) is 43.7. The van der Waals surface area contributed by atoms with Crippen LogP contribution in [0, 0.1) is 0 Å². The number of hydrogen-bond donors (Lipinski definition) is 2. The molecule has 18 heavy (non-hydrogen) atoms. The van der Waals surface area contributed by atoms with Crippen molar-refractivity contribution in [1.82, 2.24) is 19.5 Å². The van der Waals surface area contributed by atoms with Gasteiger partial charge in [0.25, 0.3) is 5.56 Å². The van der Waals surface area contributed by atoms with Crippen molar-refractivity contribution in [1.29, 1.82) is 0 Å². The molecule has 0 saturated carbocycles. The van der Waals surface area contributed by atoms with E-state index in [2.05, 4.69) is 15.0 Å². The Hall–Kier alpha value is -2.44. The van der Waals surface area contributed by atoms with E-state index in [1.807, 2.05) is 0 Å². The summed E-state index contributed by atoms with van der Waals surface area (Å²) in [5.74, 6) is -0.369. The lowest BCUT2D eigenvalue weighted by Crippen LogP contribution is -2.38. The number of hydrogen-bond acceptors (Lipinski definition) is 4. The van der Waals surface area contributed by atoms with Crippen LogP contribution in [-0.4, -0.2) is 25.3 Å². The molecule has 0 aliphatic carbocycles. The summed E-state index contributed by atoms with van der Waals surface area (Å²) in [6.45, 7) is 1.48. The number of aryl methyl sites for hydroxylation is 1. The number of carbonyl (C=O) groups excluding carboxylic acids is 1. The third-order valence-corrected chi connectivity index (χ3v) is 2.60. The number of carbonyl (C=O) groups is 1. The second-order valence-corrected chi connectivity index (χ2v) is 3.85. The number of nitrogens with zero attached hydrogens (tertiary/aromatic N) is 2. The van der Waals surface area contributed by atoms with E-state index in [4.69, 9.17) is 0 Å². The minimum absolute atomic E-state index is 0.0146. The largest absolute Gasteiger partial charge is 0.348 e. The Kier molecular flexibility index (Phi) is 3.22. The van der Waals surface area contributed by atoms with Crippen LogP contribution in [0.2, 0.25) is 0 Å². The molecule has 0 amide bonds. The normalized spacial score (nSPS) is 10.5. The summed E-state index contributed by atoms with van der Waals surface area (Å²) in [6, 6.07) is 0. The topological polar surface area (TPSA) is 101 Å². The molecule has 0 fully saturated rings. The molecule has 0 aliphatic rings. The van der Waals surface area contributed by atoms with Gasteiger partial charge in [-0.25, -0.2) is 9.78 Å². The van der Waals surface area contributed by atoms with Gasteiger partial charge in [0.2, 0.25) is 0 Å². The van der Waals surface area contributed by atoms with Gasteiger partial charge in [0.05, 0.1) is 11.9 Å². The number of nitrogens with one attached hydrogen (secondary N) is 2. The smallest absolute Gasteiger partial charge is 0.328 e. The fourth-order valence-electron chi connectivity index (χ4n) is 1.62. The molecule has 2 aromatic rings. The van der Waals surface area contributed by atoms with Crippen LogP contribution >= 0.6 is 0 Å². The van der Waals surface area contributed by atoms with Crippen LogP contribution in [0.1, 0.15) is 23.0 Å². The number of aromatic nitrogens is 4. The molecule has 0 aromatic carbocycles. The van der Waals surface area contributed by atoms with Gasteiger partial charge in [-0.2, -0.15) is 0 Å². The van der Waals surface area contributed by atoms with Crippen molar-refractivity contribution in [3.05, 3.63) is 50.8 Å². The van der Waals surface area contributed by atoms with Gasteiger partial charge in [0.15, 0.2) is 5.78 Å². The SMILES string of the molecule is CC(=O)c1c[nH]c(=O)n(CCc2cnc[nH]2)c1=O. The fraction of sp³-hybridized carbons (Fsp3) is 0.273. The summed E-state index contributed by atoms with van der Waals surface area (Å²) < 4.78 is 1.01. The first-order valence-electron chi connectivity index (χ1n) is 5.40. The molecule has 2 rings (SSSR count). The first-order chi connectivity index (χ1) is 8.59. The Balaban J connectivity index is 2.32.